The topological polar surface area (TPSA) is 81.7 Å². The Morgan fingerprint density at radius 2 is 1.76 bits per heavy atom. The van der Waals surface area contributed by atoms with Crippen molar-refractivity contribution in [2.75, 3.05) is 19.5 Å². The molecule has 33 heavy (non-hydrogen) atoms. The molecule has 4 rings (SSSR count). The first-order chi connectivity index (χ1) is 16.0. The van der Waals surface area contributed by atoms with E-state index < -0.39 is 0 Å². The Bertz CT molecular complexity index is 1200. The number of hydrogen-bond donors (Lipinski definition) is 2. The molecule has 0 radical (unpaired) electrons. The van der Waals surface area contributed by atoms with Gasteiger partial charge in [-0.1, -0.05) is 24.4 Å². The van der Waals surface area contributed by atoms with Crippen LogP contribution >= 0.6 is 23.8 Å². The van der Waals surface area contributed by atoms with Crippen LogP contribution in [0.5, 0.6) is 23.0 Å². The first-order valence-corrected chi connectivity index (χ1v) is 11.4. The molecule has 2 N–H and O–H groups in total. The molecule has 9 heteroatoms. The van der Waals surface area contributed by atoms with Crippen LogP contribution < -0.4 is 24.8 Å². The van der Waals surface area contributed by atoms with Gasteiger partial charge in [0.05, 0.1) is 24.8 Å². The summed E-state index contributed by atoms with van der Waals surface area (Å²) in [5.74, 6) is 2.19. The van der Waals surface area contributed by atoms with Gasteiger partial charge in [0.25, 0.3) is 0 Å². The van der Waals surface area contributed by atoms with Gasteiger partial charge in [0.1, 0.15) is 11.5 Å². The molecule has 1 fully saturated rings. The van der Waals surface area contributed by atoms with Gasteiger partial charge in [-0.25, -0.2) is 0 Å². The van der Waals surface area contributed by atoms with Gasteiger partial charge in [-0.05, 0) is 55.4 Å². The monoisotopic (exact) mass is 485 g/mol. The van der Waals surface area contributed by atoms with Gasteiger partial charge in [-0.3, -0.25) is 9.78 Å². The molecule has 1 saturated carbocycles. The SMILES string of the molecule is COc1cc2nccc(Oc3ccc(NC(=S)NC(=O)C4CCCC4)cc3Cl)c2cc1OC. The van der Waals surface area contributed by atoms with Crippen molar-refractivity contribution in [3.63, 3.8) is 0 Å². The van der Waals surface area contributed by atoms with E-state index >= 15 is 0 Å². The minimum atomic E-state index is -0.0346. The first-order valence-electron chi connectivity index (χ1n) is 10.6. The van der Waals surface area contributed by atoms with Crippen LogP contribution in [-0.2, 0) is 4.79 Å². The molecule has 3 aromatic rings. The van der Waals surface area contributed by atoms with Gasteiger partial charge in [-0.15, -0.1) is 0 Å². The minimum absolute atomic E-state index is 0.0346. The van der Waals surface area contributed by atoms with Gasteiger partial charge in [0, 0.05) is 29.3 Å². The highest BCUT2D eigenvalue weighted by molar-refractivity contribution is 7.80. The normalized spacial score (nSPS) is 13.5. The smallest absolute Gasteiger partial charge is 0.229 e. The van der Waals surface area contributed by atoms with E-state index in [-0.39, 0.29) is 16.9 Å². The van der Waals surface area contributed by atoms with Crippen LogP contribution in [0, 0.1) is 5.92 Å². The summed E-state index contributed by atoms with van der Waals surface area (Å²) in [6.45, 7) is 0. The van der Waals surface area contributed by atoms with Crippen LogP contribution in [0.25, 0.3) is 10.9 Å². The maximum atomic E-state index is 12.3. The standard InChI is InChI=1S/C24H24ClN3O4S/c1-30-21-12-16-18(13-22(21)31-2)26-10-9-19(16)32-20-8-7-15(11-17(20)25)27-24(33)28-23(29)14-5-3-4-6-14/h7-14H,3-6H2,1-2H3,(H2,27,28,29,33). The van der Waals surface area contributed by atoms with Crippen LogP contribution in [0.4, 0.5) is 5.69 Å². The summed E-state index contributed by atoms with van der Waals surface area (Å²) in [7, 11) is 3.15. The number of thiocarbonyl (C=S) groups is 1. The van der Waals surface area contributed by atoms with E-state index in [1.165, 1.54) is 0 Å². The van der Waals surface area contributed by atoms with Crippen LogP contribution in [0.3, 0.4) is 0 Å². The van der Waals surface area contributed by atoms with E-state index in [9.17, 15) is 4.79 Å². The van der Waals surface area contributed by atoms with Gasteiger partial charge in [-0.2, -0.15) is 0 Å². The lowest BCUT2D eigenvalue weighted by atomic mass is 10.1. The van der Waals surface area contributed by atoms with E-state index in [1.807, 2.05) is 6.07 Å². The maximum absolute atomic E-state index is 12.3. The summed E-state index contributed by atoms with van der Waals surface area (Å²) < 4.78 is 16.8. The number of methoxy groups -OCH3 is 2. The van der Waals surface area contributed by atoms with Crippen LogP contribution in [0.2, 0.25) is 5.02 Å². The van der Waals surface area contributed by atoms with Crippen molar-refractivity contribution in [3.8, 4) is 23.0 Å². The third kappa shape index (κ3) is 5.29. The molecule has 1 aliphatic carbocycles. The summed E-state index contributed by atoms with van der Waals surface area (Å²) in [4.78, 5) is 16.6. The fourth-order valence-electron chi connectivity index (χ4n) is 3.88. The average molecular weight is 486 g/mol. The van der Waals surface area contributed by atoms with Gasteiger partial charge < -0.3 is 24.8 Å². The number of carbonyl (C=O) groups is 1. The second-order valence-corrected chi connectivity index (χ2v) is 8.52. The molecule has 0 aliphatic heterocycles. The molecule has 1 aliphatic rings. The molecule has 172 valence electrons. The van der Waals surface area contributed by atoms with E-state index in [0.717, 1.165) is 31.1 Å². The van der Waals surface area contributed by atoms with Gasteiger partial charge >= 0.3 is 0 Å². The summed E-state index contributed by atoms with van der Waals surface area (Å²) in [6.07, 6.45) is 5.65. The number of hydrogen-bond acceptors (Lipinski definition) is 6. The van der Waals surface area contributed by atoms with E-state index in [0.29, 0.717) is 39.2 Å². The van der Waals surface area contributed by atoms with Crippen molar-refractivity contribution in [2.24, 2.45) is 5.92 Å². The fraction of sp³-hybridized carbons (Fsp3) is 0.292. The van der Waals surface area contributed by atoms with E-state index in [2.05, 4.69) is 15.6 Å². The van der Waals surface area contributed by atoms with Crippen LogP contribution in [0.15, 0.2) is 42.6 Å². The zero-order chi connectivity index (χ0) is 23.4. The number of ether oxygens (including phenoxy) is 3. The lowest BCUT2D eigenvalue weighted by molar-refractivity contribution is -0.123. The number of pyridine rings is 1. The molecular formula is C24H24ClN3O4S. The number of aromatic nitrogens is 1. The lowest BCUT2D eigenvalue weighted by Crippen LogP contribution is -2.37. The zero-order valence-corrected chi connectivity index (χ0v) is 19.9. The van der Waals surface area contributed by atoms with Crippen molar-refractivity contribution in [2.45, 2.75) is 25.7 Å². The lowest BCUT2D eigenvalue weighted by Gasteiger charge is -2.15. The first kappa shape index (κ1) is 23.1. The van der Waals surface area contributed by atoms with Gasteiger partial charge in [0.2, 0.25) is 5.91 Å². The second-order valence-electron chi connectivity index (χ2n) is 7.71. The number of carbonyl (C=O) groups excluding carboxylic acids is 1. The third-order valence-electron chi connectivity index (χ3n) is 5.58. The van der Waals surface area contributed by atoms with E-state index in [1.54, 1.807) is 50.7 Å². The van der Waals surface area contributed by atoms with Crippen molar-refractivity contribution in [1.29, 1.82) is 0 Å². The molecule has 0 bridgehead atoms. The van der Waals surface area contributed by atoms with Gasteiger partial charge in [0.15, 0.2) is 16.6 Å². The minimum Gasteiger partial charge on any atom is -0.493 e. The Morgan fingerprint density at radius 3 is 2.45 bits per heavy atom. The molecular weight excluding hydrogens is 462 g/mol. The largest absolute Gasteiger partial charge is 0.493 e. The number of rotatable bonds is 6. The summed E-state index contributed by atoms with van der Waals surface area (Å²) in [5, 5.41) is 7.15. The predicted octanol–water partition coefficient (Wildman–Crippen LogP) is 5.70. The molecule has 0 spiro atoms. The van der Waals surface area contributed by atoms with Crippen molar-refractivity contribution in [1.82, 2.24) is 10.3 Å². The number of fused-ring (bicyclic) bond motifs is 1. The highest BCUT2D eigenvalue weighted by Gasteiger charge is 2.23. The molecule has 0 saturated heterocycles. The Balaban J connectivity index is 1.49. The summed E-state index contributed by atoms with van der Waals surface area (Å²) in [5.41, 5.74) is 1.35. The van der Waals surface area contributed by atoms with Crippen LogP contribution in [0.1, 0.15) is 25.7 Å². The third-order valence-corrected chi connectivity index (χ3v) is 6.08. The molecule has 1 heterocycles. The average Bonchev–Trinajstić information content (AvgIpc) is 3.35. The van der Waals surface area contributed by atoms with Crippen molar-refractivity contribution in [3.05, 3.63) is 47.6 Å². The number of amides is 1. The molecule has 1 aromatic heterocycles. The molecule has 2 aromatic carbocycles. The van der Waals surface area contributed by atoms with E-state index in [4.69, 9.17) is 38.0 Å². The van der Waals surface area contributed by atoms with Crippen molar-refractivity contribution < 1.29 is 19.0 Å². The zero-order valence-electron chi connectivity index (χ0n) is 18.3. The molecule has 0 atom stereocenters. The van der Waals surface area contributed by atoms with Crippen LogP contribution in [-0.4, -0.2) is 30.2 Å². The number of halogens is 1. The highest BCUT2D eigenvalue weighted by atomic mass is 35.5. The number of anilines is 1. The Labute approximate surface area is 202 Å². The Hall–Kier alpha value is -3.10. The summed E-state index contributed by atoms with van der Waals surface area (Å²) in [6, 6.07) is 10.6. The number of nitrogens with one attached hydrogen (secondary N) is 2. The summed E-state index contributed by atoms with van der Waals surface area (Å²) >= 11 is 11.8. The Kier molecular flexibility index (Phi) is 7.15. The molecule has 0 unspecified atom stereocenters. The predicted molar refractivity (Wildman–Crippen MR) is 133 cm³/mol. The van der Waals surface area contributed by atoms with Crippen molar-refractivity contribution >= 4 is 51.4 Å². The number of nitrogens with zero attached hydrogens (tertiary/aromatic N) is 1. The Morgan fingerprint density at radius 1 is 1.03 bits per heavy atom. The molecule has 1 amide bonds. The number of benzene rings is 2. The highest BCUT2D eigenvalue weighted by Crippen LogP contribution is 2.38. The molecule has 7 nitrogen and oxygen atoms in total. The maximum Gasteiger partial charge on any atom is 0.229 e. The second kappa shape index (κ2) is 10.2. The fourth-order valence-corrected chi connectivity index (χ4v) is 4.32. The quantitative estimate of drug-likeness (QED) is 0.433.